The van der Waals surface area contributed by atoms with Gasteiger partial charge in [-0.2, -0.15) is 0 Å². The van der Waals surface area contributed by atoms with Gasteiger partial charge in [0.2, 0.25) is 5.91 Å². The summed E-state index contributed by atoms with van der Waals surface area (Å²) in [5.74, 6) is 0.482. The summed E-state index contributed by atoms with van der Waals surface area (Å²) in [6.45, 7) is 0.323. The van der Waals surface area contributed by atoms with Gasteiger partial charge in [-0.1, -0.05) is 24.3 Å². The van der Waals surface area contributed by atoms with Gasteiger partial charge in [0.25, 0.3) is 0 Å². The summed E-state index contributed by atoms with van der Waals surface area (Å²) in [6, 6.07) is 13.6. The van der Waals surface area contributed by atoms with Crippen molar-refractivity contribution in [1.29, 1.82) is 0 Å². The lowest BCUT2D eigenvalue weighted by Crippen LogP contribution is -2.31. The number of aliphatic hydroxyl groups is 1. The minimum atomic E-state index is -0.542. The summed E-state index contributed by atoms with van der Waals surface area (Å²) >= 11 is 0. The topological polar surface area (TPSA) is 49.8 Å². The van der Waals surface area contributed by atoms with Crippen LogP contribution in [0.2, 0.25) is 0 Å². The molecule has 1 N–H and O–H groups in total. The Morgan fingerprint density at radius 3 is 2.52 bits per heavy atom. The van der Waals surface area contributed by atoms with Gasteiger partial charge < -0.3 is 14.7 Å². The smallest absolute Gasteiger partial charge is 0.223 e. The molecule has 2 aromatic carbocycles. The lowest BCUT2D eigenvalue weighted by Gasteiger charge is -2.25. The van der Waals surface area contributed by atoms with Crippen molar-refractivity contribution < 1.29 is 19.0 Å². The predicted molar refractivity (Wildman–Crippen MR) is 92.8 cm³/mol. The number of hydrogen-bond acceptors (Lipinski definition) is 3. The minimum absolute atomic E-state index is 0.00157. The van der Waals surface area contributed by atoms with Crippen molar-refractivity contribution in [2.24, 2.45) is 0 Å². The molecule has 132 valence electrons. The summed E-state index contributed by atoms with van der Waals surface area (Å²) in [7, 11) is 1.62. The number of hydrogen-bond donors (Lipinski definition) is 1. The normalized spacial score (nSPS) is 19.9. The Balaban J connectivity index is 1.65. The van der Waals surface area contributed by atoms with Gasteiger partial charge in [0.15, 0.2) is 0 Å². The molecule has 0 aromatic heterocycles. The third-order valence-corrected chi connectivity index (χ3v) is 4.64. The number of carbonyl (C=O) groups excluding carboxylic acids is 1. The van der Waals surface area contributed by atoms with Gasteiger partial charge in [-0.15, -0.1) is 0 Å². The predicted octanol–water partition coefficient (Wildman–Crippen LogP) is 3.10. The van der Waals surface area contributed by atoms with E-state index in [0.29, 0.717) is 25.8 Å². The molecule has 0 spiro atoms. The lowest BCUT2D eigenvalue weighted by molar-refractivity contribution is -0.132. The van der Waals surface area contributed by atoms with Gasteiger partial charge in [-0.05, 0) is 48.2 Å². The maximum atomic E-state index is 13.1. The van der Waals surface area contributed by atoms with E-state index in [2.05, 4.69) is 0 Å². The Morgan fingerprint density at radius 1 is 1.20 bits per heavy atom. The first-order valence-electron chi connectivity index (χ1n) is 8.42. The van der Waals surface area contributed by atoms with E-state index in [-0.39, 0.29) is 17.8 Å². The zero-order chi connectivity index (χ0) is 17.8. The van der Waals surface area contributed by atoms with E-state index in [4.69, 9.17) is 4.74 Å². The number of benzene rings is 2. The molecule has 0 unspecified atom stereocenters. The number of halogens is 1. The fraction of sp³-hybridized carbons (Fsp3) is 0.350. The lowest BCUT2D eigenvalue weighted by atomic mass is 10.0. The molecule has 1 saturated heterocycles. The fourth-order valence-electron chi connectivity index (χ4n) is 3.28. The van der Waals surface area contributed by atoms with E-state index in [1.54, 1.807) is 24.1 Å². The quantitative estimate of drug-likeness (QED) is 0.908. The van der Waals surface area contributed by atoms with E-state index in [9.17, 15) is 14.3 Å². The number of aliphatic hydroxyl groups excluding tert-OH is 1. The second kappa shape index (κ2) is 7.66. The van der Waals surface area contributed by atoms with Crippen molar-refractivity contribution in [3.05, 3.63) is 65.5 Å². The van der Waals surface area contributed by atoms with Gasteiger partial charge in [0.05, 0.1) is 19.3 Å². The van der Waals surface area contributed by atoms with Crippen LogP contribution in [0.25, 0.3) is 0 Å². The van der Waals surface area contributed by atoms with Crippen molar-refractivity contribution in [3.8, 4) is 5.75 Å². The molecule has 2 atom stereocenters. The monoisotopic (exact) mass is 343 g/mol. The van der Waals surface area contributed by atoms with Crippen molar-refractivity contribution in [2.75, 3.05) is 13.7 Å². The zero-order valence-electron chi connectivity index (χ0n) is 14.2. The molecule has 0 aliphatic carbocycles. The van der Waals surface area contributed by atoms with Gasteiger partial charge in [0.1, 0.15) is 11.6 Å². The molecular weight excluding hydrogens is 321 g/mol. The number of nitrogens with zero attached hydrogens (tertiary/aromatic N) is 1. The summed E-state index contributed by atoms with van der Waals surface area (Å²) in [6.07, 6.45) is 0.947. The van der Waals surface area contributed by atoms with E-state index >= 15 is 0 Å². The molecule has 1 amide bonds. The van der Waals surface area contributed by atoms with Crippen molar-refractivity contribution in [1.82, 2.24) is 4.90 Å². The highest BCUT2D eigenvalue weighted by Crippen LogP contribution is 2.33. The van der Waals surface area contributed by atoms with Crippen LogP contribution in [-0.2, 0) is 11.2 Å². The van der Waals surface area contributed by atoms with Crippen LogP contribution < -0.4 is 4.74 Å². The van der Waals surface area contributed by atoms with Gasteiger partial charge in [-0.3, -0.25) is 4.79 Å². The molecule has 2 aromatic rings. The summed E-state index contributed by atoms with van der Waals surface area (Å²) in [5.41, 5.74) is 1.92. The Morgan fingerprint density at radius 2 is 1.88 bits per heavy atom. The number of carbonyl (C=O) groups is 1. The summed E-state index contributed by atoms with van der Waals surface area (Å²) in [5, 5.41) is 10.00. The van der Waals surface area contributed by atoms with Crippen LogP contribution in [0, 0.1) is 5.82 Å². The molecule has 5 heteroatoms. The molecule has 3 rings (SSSR count). The van der Waals surface area contributed by atoms with Crippen LogP contribution in [0.5, 0.6) is 5.75 Å². The number of likely N-dealkylation sites (tertiary alicyclic amines) is 1. The second-order valence-electron chi connectivity index (χ2n) is 6.35. The second-order valence-corrected chi connectivity index (χ2v) is 6.35. The standard InChI is InChI=1S/C20H22FNO3/c1-25-18-9-2-14(3-10-18)4-11-20(24)22-13-17(23)12-19(22)15-5-7-16(21)8-6-15/h2-3,5-10,17,19,23H,4,11-13H2,1H3/t17-,19-/m1/s1. The summed E-state index contributed by atoms with van der Waals surface area (Å²) < 4.78 is 18.3. The molecule has 0 radical (unpaired) electrons. The first-order valence-corrected chi connectivity index (χ1v) is 8.42. The van der Waals surface area contributed by atoms with E-state index in [0.717, 1.165) is 16.9 Å². The highest BCUT2D eigenvalue weighted by molar-refractivity contribution is 5.77. The van der Waals surface area contributed by atoms with Crippen molar-refractivity contribution in [3.63, 3.8) is 0 Å². The first kappa shape index (κ1) is 17.4. The van der Waals surface area contributed by atoms with Gasteiger partial charge in [-0.25, -0.2) is 4.39 Å². The minimum Gasteiger partial charge on any atom is -0.497 e. The number of ether oxygens (including phenoxy) is 1. The third kappa shape index (κ3) is 4.17. The van der Waals surface area contributed by atoms with Gasteiger partial charge >= 0.3 is 0 Å². The average Bonchev–Trinajstić information content (AvgIpc) is 3.02. The largest absolute Gasteiger partial charge is 0.497 e. The number of rotatable bonds is 5. The Labute approximate surface area is 146 Å². The van der Waals surface area contributed by atoms with Crippen LogP contribution in [0.3, 0.4) is 0 Å². The Hall–Kier alpha value is -2.40. The Bertz CT molecular complexity index is 715. The number of methoxy groups -OCH3 is 1. The van der Waals surface area contributed by atoms with E-state index in [1.807, 2.05) is 24.3 Å². The SMILES string of the molecule is COc1ccc(CCC(=O)N2C[C@H](O)C[C@@H]2c2ccc(F)cc2)cc1. The number of amides is 1. The summed E-state index contributed by atoms with van der Waals surface area (Å²) in [4.78, 5) is 14.4. The molecule has 25 heavy (non-hydrogen) atoms. The number of aryl methyl sites for hydroxylation is 1. The van der Waals surface area contributed by atoms with Crippen molar-refractivity contribution in [2.45, 2.75) is 31.4 Å². The molecule has 1 aliphatic rings. The maximum Gasteiger partial charge on any atom is 0.223 e. The fourth-order valence-corrected chi connectivity index (χ4v) is 3.28. The third-order valence-electron chi connectivity index (χ3n) is 4.64. The molecule has 0 bridgehead atoms. The van der Waals surface area contributed by atoms with Crippen LogP contribution in [0.1, 0.15) is 30.0 Å². The molecule has 1 aliphatic heterocycles. The molecule has 1 fully saturated rings. The van der Waals surface area contributed by atoms with Gasteiger partial charge in [0, 0.05) is 13.0 Å². The molecule has 1 heterocycles. The molecule has 0 saturated carbocycles. The van der Waals surface area contributed by atoms with Crippen LogP contribution >= 0.6 is 0 Å². The zero-order valence-corrected chi connectivity index (χ0v) is 14.2. The molecule has 4 nitrogen and oxygen atoms in total. The molecular formula is C20H22FNO3. The van der Waals surface area contributed by atoms with Crippen molar-refractivity contribution >= 4 is 5.91 Å². The van der Waals surface area contributed by atoms with Crippen LogP contribution in [0.4, 0.5) is 4.39 Å². The Kier molecular flexibility index (Phi) is 5.34. The highest BCUT2D eigenvalue weighted by atomic mass is 19.1. The van der Waals surface area contributed by atoms with Crippen LogP contribution in [0.15, 0.2) is 48.5 Å². The maximum absolute atomic E-state index is 13.1. The van der Waals surface area contributed by atoms with Crippen LogP contribution in [-0.4, -0.2) is 35.7 Å². The number of β-amino-alcohol motifs (C(OH)–C–C–N with tert-alkyl or cyclic N) is 1. The first-order chi connectivity index (χ1) is 12.1. The average molecular weight is 343 g/mol. The highest BCUT2D eigenvalue weighted by Gasteiger charge is 2.34. The van der Waals surface area contributed by atoms with E-state index < -0.39 is 6.10 Å². The van der Waals surface area contributed by atoms with E-state index in [1.165, 1.54) is 12.1 Å².